The van der Waals surface area contributed by atoms with Crippen molar-refractivity contribution in [1.29, 1.82) is 0 Å². The number of amides is 2. The topological polar surface area (TPSA) is 119 Å². The zero-order chi connectivity index (χ0) is 15.3. The van der Waals surface area contributed by atoms with Crippen LogP contribution in [0.1, 0.15) is 16.8 Å². The average molecular weight is 345 g/mol. The lowest BCUT2D eigenvalue weighted by Gasteiger charge is -2.13. The van der Waals surface area contributed by atoms with Crippen LogP contribution in [0.15, 0.2) is 22.7 Å². The van der Waals surface area contributed by atoms with Gasteiger partial charge in [-0.1, -0.05) is 0 Å². The number of hydrogen-bond donors (Lipinski definition) is 3. The third kappa shape index (κ3) is 4.23. The van der Waals surface area contributed by atoms with Crippen LogP contribution in [0, 0.1) is 0 Å². The molecule has 2 amide bonds. The lowest BCUT2D eigenvalue weighted by atomic mass is 10.1. The van der Waals surface area contributed by atoms with E-state index in [1.54, 1.807) is 6.07 Å². The summed E-state index contributed by atoms with van der Waals surface area (Å²) in [5.41, 5.74) is 5.16. The van der Waals surface area contributed by atoms with Crippen molar-refractivity contribution < 1.29 is 24.2 Å². The van der Waals surface area contributed by atoms with Gasteiger partial charge in [-0.25, -0.2) is 4.79 Å². The molecule has 4 N–H and O–H groups in total. The number of rotatable bonds is 6. The molecule has 0 aromatic heterocycles. The summed E-state index contributed by atoms with van der Waals surface area (Å²) < 4.78 is 5.57. The van der Waals surface area contributed by atoms with Gasteiger partial charge in [0.05, 0.1) is 18.0 Å². The number of carbonyl (C=O) groups excluding carboxylic acids is 2. The Hall–Kier alpha value is -2.09. The number of ether oxygens (including phenoxy) is 1. The van der Waals surface area contributed by atoms with E-state index >= 15 is 0 Å². The van der Waals surface area contributed by atoms with Gasteiger partial charge in [0.1, 0.15) is 11.8 Å². The van der Waals surface area contributed by atoms with Gasteiger partial charge in [-0.3, -0.25) is 9.59 Å². The normalized spacial score (nSPS) is 11.5. The molecule has 0 aliphatic rings. The number of nitrogens with two attached hydrogens (primary N) is 1. The Morgan fingerprint density at radius 2 is 2.10 bits per heavy atom. The van der Waals surface area contributed by atoms with Gasteiger partial charge in [0.25, 0.3) is 5.91 Å². The number of halogens is 1. The molecule has 8 heteroatoms. The van der Waals surface area contributed by atoms with Crippen molar-refractivity contribution in [2.75, 3.05) is 7.11 Å². The Labute approximate surface area is 123 Å². The molecule has 20 heavy (non-hydrogen) atoms. The van der Waals surface area contributed by atoms with Crippen LogP contribution in [0.5, 0.6) is 5.75 Å². The fraction of sp³-hybridized carbons (Fsp3) is 0.250. The zero-order valence-electron chi connectivity index (χ0n) is 10.6. The van der Waals surface area contributed by atoms with E-state index in [2.05, 4.69) is 21.2 Å². The van der Waals surface area contributed by atoms with Gasteiger partial charge >= 0.3 is 5.97 Å². The Balaban J connectivity index is 2.86. The maximum Gasteiger partial charge on any atom is 0.326 e. The summed E-state index contributed by atoms with van der Waals surface area (Å²) in [7, 11) is 1.48. The molecular weight excluding hydrogens is 332 g/mol. The van der Waals surface area contributed by atoms with Gasteiger partial charge in [-0.05, 0) is 34.1 Å². The third-order valence-corrected chi connectivity index (χ3v) is 3.04. The highest BCUT2D eigenvalue weighted by atomic mass is 79.9. The fourth-order valence-electron chi connectivity index (χ4n) is 1.45. The Morgan fingerprint density at radius 1 is 1.45 bits per heavy atom. The first-order chi connectivity index (χ1) is 9.35. The van der Waals surface area contributed by atoms with Crippen LogP contribution in [0.4, 0.5) is 0 Å². The lowest BCUT2D eigenvalue weighted by Crippen LogP contribution is -2.43. The first-order valence-electron chi connectivity index (χ1n) is 5.50. The minimum absolute atomic E-state index is 0.230. The van der Waals surface area contributed by atoms with Crippen LogP contribution in [0.25, 0.3) is 0 Å². The van der Waals surface area contributed by atoms with Crippen LogP contribution in [0.2, 0.25) is 0 Å². The Bertz CT molecular complexity index is 547. The minimum Gasteiger partial charge on any atom is -0.496 e. The standard InChI is InChI=1S/C12H13BrN2O5/c1-20-9-3-2-6(4-7(9)13)11(17)15-8(12(18)19)5-10(14)16/h2-4,8H,5H2,1H3,(H2,14,16)(H,15,17)(H,18,19). The van der Waals surface area contributed by atoms with Gasteiger partial charge in [0, 0.05) is 5.56 Å². The van der Waals surface area contributed by atoms with E-state index in [0.717, 1.165) is 0 Å². The maximum atomic E-state index is 11.9. The van der Waals surface area contributed by atoms with Crippen LogP contribution in [-0.2, 0) is 9.59 Å². The number of methoxy groups -OCH3 is 1. The molecule has 0 heterocycles. The highest BCUT2D eigenvalue weighted by Gasteiger charge is 2.23. The predicted molar refractivity (Wildman–Crippen MR) is 73.4 cm³/mol. The average Bonchev–Trinajstić information content (AvgIpc) is 2.37. The van der Waals surface area contributed by atoms with Gasteiger partial charge in [-0.15, -0.1) is 0 Å². The summed E-state index contributed by atoms with van der Waals surface area (Å²) in [6, 6.07) is 3.16. The van der Waals surface area contributed by atoms with Crippen LogP contribution < -0.4 is 15.8 Å². The van der Waals surface area contributed by atoms with Crippen molar-refractivity contribution in [1.82, 2.24) is 5.32 Å². The molecule has 0 aliphatic carbocycles. The van der Waals surface area contributed by atoms with E-state index in [9.17, 15) is 14.4 Å². The number of carboxylic acids is 1. The van der Waals surface area contributed by atoms with Gasteiger partial charge < -0.3 is 20.9 Å². The quantitative estimate of drug-likeness (QED) is 0.694. The molecule has 0 radical (unpaired) electrons. The Morgan fingerprint density at radius 3 is 2.55 bits per heavy atom. The van der Waals surface area contributed by atoms with Crippen molar-refractivity contribution in [3.63, 3.8) is 0 Å². The van der Waals surface area contributed by atoms with E-state index in [0.29, 0.717) is 10.2 Å². The number of benzene rings is 1. The largest absolute Gasteiger partial charge is 0.496 e. The van der Waals surface area contributed by atoms with E-state index in [-0.39, 0.29) is 5.56 Å². The molecule has 1 rings (SSSR count). The lowest BCUT2D eigenvalue weighted by molar-refractivity contribution is -0.140. The van der Waals surface area contributed by atoms with Crippen molar-refractivity contribution in [2.45, 2.75) is 12.5 Å². The van der Waals surface area contributed by atoms with Crippen LogP contribution in [-0.4, -0.2) is 36.0 Å². The smallest absolute Gasteiger partial charge is 0.326 e. The summed E-state index contributed by atoms with van der Waals surface area (Å²) in [6.45, 7) is 0. The molecule has 0 saturated carbocycles. The van der Waals surface area contributed by atoms with Gasteiger partial charge in [-0.2, -0.15) is 0 Å². The third-order valence-electron chi connectivity index (χ3n) is 2.42. The van der Waals surface area contributed by atoms with E-state index in [4.69, 9.17) is 15.6 Å². The van der Waals surface area contributed by atoms with E-state index in [1.165, 1.54) is 19.2 Å². The SMILES string of the molecule is COc1ccc(C(=O)NC(CC(N)=O)C(=O)O)cc1Br. The number of carboxylic acid groups (broad SMARTS) is 1. The number of hydrogen-bond acceptors (Lipinski definition) is 4. The second kappa shape index (κ2) is 6.90. The summed E-state index contributed by atoms with van der Waals surface area (Å²) in [5, 5.41) is 11.1. The van der Waals surface area contributed by atoms with Crippen LogP contribution >= 0.6 is 15.9 Å². The van der Waals surface area contributed by atoms with Crippen molar-refractivity contribution in [3.8, 4) is 5.75 Å². The molecule has 0 spiro atoms. The predicted octanol–water partition coefficient (Wildman–Crippen LogP) is 0.516. The van der Waals surface area contributed by atoms with E-state index < -0.39 is 30.2 Å². The maximum absolute atomic E-state index is 11.9. The monoisotopic (exact) mass is 344 g/mol. The molecule has 0 saturated heterocycles. The number of carbonyl (C=O) groups is 3. The number of nitrogens with one attached hydrogen (secondary N) is 1. The second-order valence-corrected chi connectivity index (χ2v) is 4.74. The summed E-state index contributed by atoms with van der Waals surface area (Å²) in [6.07, 6.45) is -0.474. The minimum atomic E-state index is -1.36. The molecule has 7 nitrogen and oxygen atoms in total. The number of aliphatic carboxylic acids is 1. The molecule has 1 aromatic rings. The van der Waals surface area contributed by atoms with Crippen molar-refractivity contribution in [2.24, 2.45) is 5.73 Å². The fourth-order valence-corrected chi connectivity index (χ4v) is 1.99. The zero-order valence-corrected chi connectivity index (χ0v) is 12.1. The molecule has 0 aliphatic heterocycles. The van der Waals surface area contributed by atoms with Crippen molar-refractivity contribution in [3.05, 3.63) is 28.2 Å². The Kier molecular flexibility index (Phi) is 5.51. The first-order valence-corrected chi connectivity index (χ1v) is 6.30. The summed E-state index contributed by atoms with van der Waals surface area (Å²) in [5.74, 6) is -2.23. The van der Waals surface area contributed by atoms with Crippen molar-refractivity contribution >= 4 is 33.7 Å². The highest BCUT2D eigenvalue weighted by molar-refractivity contribution is 9.10. The number of primary amides is 1. The molecule has 1 aromatic carbocycles. The highest BCUT2D eigenvalue weighted by Crippen LogP contribution is 2.25. The molecule has 1 atom stereocenters. The molecule has 0 fully saturated rings. The molecule has 108 valence electrons. The first kappa shape index (κ1) is 16.0. The molecule has 1 unspecified atom stereocenters. The molecular formula is C12H13BrN2O5. The summed E-state index contributed by atoms with van der Waals surface area (Å²) >= 11 is 3.22. The van der Waals surface area contributed by atoms with Crippen LogP contribution in [0.3, 0.4) is 0 Å². The van der Waals surface area contributed by atoms with Gasteiger partial charge in [0.15, 0.2) is 0 Å². The summed E-state index contributed by atoms with van der Waals surface area (Å²) in [4.78, 5) is 33.6. The molecule has 0 bridgehead atoms. The van der Waals surface area contributed by atoms with E-state index in [1.807, 2.05) is 0 Å². The van der Waals surface area contributed by atoms with Gasteiger partial charge in [0.2, 0.25) is 5.91 Å². The second-order valence-electron chi connectivity index (χ2n) is 3.88.